The second-order valence-corrected chi connectivity index (χ2v) is 9.33. The molecule has 0 aliphatic heterocycles. The number of carbonyl (C=O) groups is 1. The number of fused-ring (bicyclic) bond motifs is 1. The van der Waals surface area contributed by atoms with Crippen LogP contribution >= 0.6 is 23.1 Å². The van der Waals surface area contributed by atoms with Gasteiger partial charge < -0.3 is 15.9 Å². The molecule has 1 heterocycles. The molecule has 0 saturated heterocycles. The van der Waals surface area contributed by atoms with E-state index in [1.54, 1.807) is 18.9 Å². The molecule has 0 fully saturated rings. The third-order valence-electron chi connectivity index (χ3n) is 5.20. The van der Waals surface area contributed by atoms with Gasteiger partial charge in [0, 0.05) is 17.0 Å². The Hall–Kier alpha value is -2.57. The van der Waals surface area contributed by atoms with E-state index in [1.165, 1.54) is 16.9 Å². The van der Waals surface area contributed by atoms with Gasteiger partial charge in [0.15, 0.2) is 0 Å². The summed E-state index contributed by atoms with van der Waals surface area (Å²) in [6, 6.07) is 18.2. The third-order valence-corrected chi connectivity index (χ3v) is 7.79. The number of hydrogen-bond donors (Lipinski definition) is 2. The molecule has 3 aromatic rings. The summed E-state index contributed by atoms with van der Waals surface area (Å²) in [6.07, 6.45) is 1.39. The van der Waals surface area contributed by atoms with Gasteiger partial charge in [-0.1, -0.05) is 42.5 Å². The van der Waals surface area contributed by atoms with E-state index < -0.39 is 5.91 Å². The Morgan fingerprint density at radius 3 is 2.55 bits per heavy atom. The van der Waals surface area contributed by atoms with Crippen molar-refractivity contribution < 1.29 is 9.53 Å². The van der Waals surface area contributed by atoms with Gasteiger partial charge >= 0.3 is 0 Å². The minimum Gasteiger partial charge on any atom is -0.497 e. The molecule has 0 radical (unpaired) electrons. The maximum absolute atomic E-state index is 12.1. The van der Waals surface area contributed by atoms with Gasteiger partial charge in [0.05, 0.1) is 16.2 Å². The van der Waals surface area contributed by atoms with Crippen LogP contribution in [0.1, 0.15) is 44.3 Å². The first-order valence-electron chi connectivity index (χ1n) is 9.40. The molecule has 0 saturated carbocycles. The highest BCUT2D eigenvalue weighted by molar-refractivity contribution is 8.00. The normalized spacial score (nSPS) is 15.8. The molecule has 4 nitrogen and oxygen atoms in total. The number of thiophene rings is 1. The standard InChI is InChI=1S/C23H22N2O2S2/c1-27-17-9-7-15(8-10-17)16-11-18-20(19(24)12-16)23(29-21(18)22(25)26)28-13-14-5-3-2-4-6-14/h2-10,16,24H,11-13H2,1H3,(H2,25,26). The van der Waals surface area contributed by atoms with Crippen LogP contribution in [0.15, 0.2) is 58.8 Å². The highest BCUT2D eigenvalue weighted by atomic mass is 32.2. The zero-order valence-electron chi connectivity index (χ0n) is 16.1. The number of thioether (sulfide) groups is 1. The van der Waals surface area contributed by atoms with Gasteiger partial charge in [-0.05, 0) is 47.6 Å². The molecular weight excluding hydrogens is 400 g/mol. The fourth-order valence-electron chi connectivity index (χ4n) is 3.74. The van der Waals surface area contributed by atoms with Crippen LogP contribution in [0.2, 0.25) is 0 Å². The highest BCUT2D eigenvalue weighted by Gasteiger charge is 2.32. The van der Waals surface area contributed by atoms with Gasteiger partial charge in [-0.2, -0.15) is 0 Å². The van der Waals surface area contributed by atoms with E-state index in [1.807, 2.05) is 42.5 Å². The van der Waals surface area contributed by atoms with Crippen LogP contribution in [0.4, 0.5) is 0 Å². The molecule has 4 rings (SSSR count). The minimum atomic E-state index is -0.402. The summed E-state index contributed by atoms with van der Waals surface area (Å²) in [4.78, 5) is 12.7. The third kappa shape index (κ3) is 4.09. The SMILES string of the molecule is COc1ccc(C2CC(=N)c3c(SCc4ccccc4)sc(C(N)=O)c3C2)cc1. The molecule has 3 N–H and O–H groups in total. The van der Waals surface area contributed by atoms with Crippen molar-refractivity contribution in [2.75, 3.05) is 7.11 Å². The molecule has 1 aromatic heterocycles. The fraction of sp³-hybridized carbons (Fsp3) is 0.217. The number of nitrogens with two attached hydrogens (primary N) is 1. The Morgan fingerprint density at radius 2 is 1.90 bits per heavy atom. The number of rotatable bonds is 6. The number of hydrogen-bond acceptors (Lipinski definition) is 5. The monoisotopic (exact) mass is 422 g/mol. The highest BCUT2D eigenvalue weighted by Crippen LogP contribution is 2.44. The molecule has 1 unspecified atom stereocenters. The number of amides is 1. The molecular formula is C23H22N2O2S2. The van der Waals surface area contributed by atoms with Crippen molar-refractivity contribution in [1.29, 1.82) is 5.41 Å². The van der Waals surface area contributed by atoms with Gasteiger partial charge in [0.1, 0.15) is 5.75 Å². The lowest BCUT2D eigenvalue weighted by Gasteiger charge is -2.25. The van der Waals surface area contributed by atoms with E-state index >= 15 is 0 Å². The maximum atomic E-state index is 12.1. The minimum absolute atomic E-state index is 0.167. The Balaban J connectivity index is 1.64. The summed E-state index contributed by atoms with van der Waals surface area (Å²) in [5, 5.41) is 8.72. The molecule has 1 aliphatic rings. The van der Waals surface area contributed by atoms with Crippen LogP contribution in [0.3, 0.4) is 0 Å². The van der Waals surface area contributed by atoms with Crippen molar-refractivity contribution in [3.8, 4) is 5.75 Å². The van der Waals surface area contributed by atoms with E-state index in [0.29, 0.717) is 17.0 Å². The van der Waals surface area contributed by atoms with E-state index in [4.69, 9.17) is 15.9 Å². The van der Waals surface area contributed by atoms with Crippen LogP contribution in [0.25, 0.3) is 0 Å². The quantitative estimate of drug-likeness (QED) is 0.533. The summed E-state index contributed by atoms with van der Waals surface area (Å²) < 4.78 is 6.27. The van der Waals surface area contributed by atoms with Crippen molar-refractivity contribution in [2.24, 2.45) is 5.73 Å². The summed E-state index contributed by atoms with van der Waals surface area (Å²) in [5.41, 5.74) is 10.5. The number of carbonyl (C=O) groups excluding carboxylic acids is 1. The van der Waals surface area contributed by atoms with Crippen LogP contribution in [-0.4, -0.2) is 18.7 Å². The van der Waals surface area contributed by atoms with Crippen molar-refractivity contribution >= 4 is 34.7 Å². The van der Waals surface area contributed by atoms with E-state index in [-0.39, 0.29) is 5.92 Å². The second kappa shape index (κ2) is 8.43. The second-order valence-electron chi connectivity index (χ2n) is 7.07. The number of primary amides is 1. The van der Waals surface area contributed by atoms with Gasteiger partial charge in [-0.3, -0.25) is 4.79 Å². The van der Waals surface area contributed by atoms with Crippen molar-refractivity contribution in [1.82, 2.24) is 0 Å². The zero-order chi connectivity index (χ0) is 20.4. The lowest BCUT2D eigenvalue weighted by atomic mass is 9.80. The number of nitrogens with one attached hydrogen (secondary N) is 1. The smallest absolute Gasteiger partial charge is 0.259 e. The van der Waals surface area contributed by atoms with Crippen molar-refractivity contribution in [2.45, 2.75) is 28.7 Å². The Labute approximate surface area is 178 Å². The number of ether oxygens (including phenoxy) is 1. The average Bonchev–Trinajstić information content (AvgIpc) is 3.12. The number of benzene rings is 2. The molecule has 1 aliphatic carbocycles. The summed E-state index contributed by atoms with van der Waals surface area (Å²) in [6.45, 7) is 0. The van der Waals surface area contributed by atoms with Gasteiger partial charge in [-0.25, -0.2) is 0 Å². The molecule has 2 aromatic carbocycles. The summed E-state index contributed by atoms with van der Waals surface area (Å²) >= 11 is 3.12. The number of methoxy groups -OCH3 is 1. The predicted molar refractivity (Wildman–Crippen MR) is 120 cm³/mol. The molecule has 0 bridgehead atoms. The first-order chi connectivity index (χ1) is 14.1. The molecule has 1 atom stereocenters. The van der Waals surface area contributed by atoms with Crippen LogP contribution in [-0.2, 0) is 12.2 Å². The Bertz CT molecular complexity index is 1040. The van der Waals surface area contributed by atoms with Crippen molar-refractivity contribution in [3.05, 3.63) is 81.7 Å². The van der Waals surface area contributed by atoms with E-state index in [9.17, 15) is 4.79 Å². The maximum Gasteiger partial charge on any atom is 0.259 e. The zero-order valence-corrected chi connectivity index (χ0v) is 17.7. The predicted octanol–water partition coefficient (Wildman–Crippen LogP) is 5.25. The first-order valence-corrected chi connectivity index (χ1v) is 11.2. The van der Waals surface area contributed by atoms with Crippen LogP contribution in [0.5, 0.6) is 5.75 Å². The van der Waals surface area contributed by atoms with E-state index in [0.717, 1.165) is 38.8 Å². The van der Waals surface area contributed by atoms with Crippen LogP contribution in [0, 0.1) is 5.41 Å². The molecule has 148 valence electrons. The van der Waals surface area contributed by atoms with Gasteiger partial charge in [0.25, 0.3) is 5.91 Å². The Kier molecular flexibility index (Phi) is 5.74. The molecule has 1 amide bonds. The average molecular weight is 423 g/mol. The molecule has 0 spiro atoms. The largest absolute Gasteiger partial charge is 0.497 e. The first kappa shape index (κ1) is 19.7. The van der Waals surface area contributed by atoms with Gasteiger partial charge in [0.2, 0.25) is 0 Å². The van der Waals surface area contributed by atoms with E-state index in [2.05, 4.69) is 12.1 Å². The van der Waals surface area contributed by atoms with Gasteiger partial charge in [-0.15, -0.1) is 23.1 Å². The lowest BCUT2D eigenvalue weighted by Crippen LogP contribution is -2.21. The fourth-order valence-corrected chi connectivity index (χ4v) is 6.23. The molecule has 6 heteroatoms. The van der Waals surface area contributed by atoms with Crippen molar-refractivity contribution in [3.63, 3.8) is 0 Å². The summed E-state index contributed by atoms with van der Waals surface area (Å²) in [5.74, 6) is 1.39. The Morgan fingerprint density at radius 1 is 1.17 bits per heavy atom. The topological polar surface area (TPSA) is 76.2 Å². The molecule has 29 heavy (non-hydrogen) atoms. The lowest BCUT2D eigenvalue weighted by molar-refractivity contribution is 0.100. The van der Waals surface area contributed by atoms with Crippen LogP contribution < -0.4 is 10.5 Å². The summed E-state index contributed by atoms with van der Waals surface area (Å²) in [7, 11) is 1.65.